The zero-order chi connectivity index (χ0) is 23.9. The van der Waals surface area contributed by atoms with Crippen molar-refractivity contribution in [3.63, 3.8) is 0 Å². The van der Waals surface area contributed by atoms with Gasteiger partial charge in [-0.05, 0) is 68.0 Å². The zero-order valence-electron chi connectivity index (χ0n) is 20.4. The van der Waals surface area contributed by atoms with E-state index in [1.807, 2.05) is 0 Å². The molecule has 3 aliphatic rings. The number of fused-ring (bicyclic) bond motifs is 2. The largest absolute Gasteiger partial charge is 0.416 e. The van der Waals surface area contributed by atoms with Crippen LogP contribution in [0.15, 0.2) is 40.1 Å². The van der Waals surface area contributed by atoms with Crippen molar-refractivity contribution >= 4 is 48.0 Å². The maximum atomic E-state index is 13.8. The first-order valence-electron chi connectivity index (χ1n) is 12.3. The van der Waals surface area contributed by atoms with Crippen molar-refractivity contribution in [2.75, 3.05) is 42.9 Å². The van der Waals surface area contributed by atoms with Crippen molar-refractivity contribution < 1.29 is 13.2 Å². The molecule has 2 saturated heterocycles. The smallest absolute Gasteiger partial charge is 0.382 e. The molecule has 5 rings (SSSR count). The Balaban J connectivity index is 0.00000180. The Morgan fingerprint density at radius 3 is 2.42 bits per heavy atom. The SMILES string of the molecule is CC1CCCN1c1ccc2c(c1)Sc1cc(C(F)(F)F)cc(NC3CCN(CCN)CC3)c1C2.Cl.Cl. The van der Waals surface area contributed by atoms with E-state index in [1.54, 1.807) is 0 Å². The molecule has 200 valence electrons. The maximum Gasteiger partial charge on any atom is 0.416 e. The molecular formula is C26H35Cl2F3N4S. The molecule has 0 amide bonds. The van der Waals surface area contributed by atoms with Crippen molar-refractivity contribution in [2.45, 2.75) is 67.1 Å². The normalized spacial score (nSPS) is 20.2. The van der Waals surface area contributed by atoms with Gasteiger partial charge in [-0.15, -0.1) is 24.8 Å². The van der Waals surface area contributed by atoms with Crippen molar-refractivity contribution in [3.05, 3.63) is 47.0 Å². The fourth-order valence-electron chi connectivity index (χ4n) is 5.50. The third-order valence-corrected chi connectivity index (χ3v) is 8.64. The van der Waals surface area contributed by atoms with E-state index in [4.69, 9.17) is 5.73 Å². The molecular weight excluding hydrogens is 528 g/mol. The first-order chi connectivity index (χ1) is 16.3. The summed E-state index contributed by atoms with van der Waals surface area (Å²) in [6.07, 6.45) is 0.466. The van der Waals surface area contributed by atoms with Crippen LogP contribution in [0.2, 0.25) is 0 Å². The van der Waals surface area contributed by atoms with Gasteiger partial charge in [0.05, 0.1) is 5.56 Å². The minimum absolute atomic E-state index is 0. The van der Waals surface area contributed by atoms with Crippen molar-refractivity contribution in [1.82, 2.24) is 4.90 Å². The number of nitrogens with zero attached hydrogens (tertiary/aromatic N) is 2. The fraction of sp³-hybridized carbons (Fsp3) is 0.538. The molecule has 0 aromatic heterocycles. The van der Waals surface area contributed by atoms with Crippen LogP contribution in [0.3, 0.4) is 0 Å². The molecule has 2 aromatic carbocycles. The van der Waals surface area contributed by atoms with Crippen molar-refractivity contribution in [1.29, 1.82) is 0 Å². The van der Waals surface area contributed by atoms with Gasteiger partial charge >= 0.3 is 6.18 Å². The third kappa shape index (κ3) is 6.21. The summed E-state index contributed by atoms with van der Waals surface area (Å²) in [5.74, 6) is 0. The molecule has 1 atom stereocenters. The minimum atomic E-state index is -4.37. The highest BCUT2D eigenvalue weighted by Crippen LogP contribution is 2.47. The van der Waals surface area contributed by atoms with Crippen LogP contribution in [0, 0.1) is 0 Å². The van der Waals surface area contributed by atoms with Crippen LogP contribution >= 0.6 is 36.6 Å². The number of rotatable bonds is 5. The molecule has 0 spiro atoms. The number of nitrogens with two attached hydrogens (primary N) is 1. The van der Waals surface area contributed by atoms with Gasteiger partial charge < -0.3 is 20.9 Å². The zero-order valence-corrected chi connectivity index (χ0v) is 22.9. The van der Waals surface area contributed by atoms with Crippen molar-refractivity contribution in [2.24, 2.45) is 5.73 Å². The number of hydrogen-bond acceptors (Lipinski definition) is 5. The van der Waals surface area contributed by atoms with Crippen molar-refractivity contribution in [3.8, 4) is 0 Å². The van der Waals surface area contributed by atoms with Crippen LogP contribution in [0.1, 0.15) is 49.3 Å². The molecule has 0 radical (unpaired) electrons. The Labute approximate surface area is 228 Å². The van der Waals surface area contributed by atoms with Gasteiger partial charge in [0.1, 0.15) is 0 Å². The predicted octanol–water partition coefficient (Wildman–Crippen LogP) is 6.43. The number of hydrogen-bond donors (Lipinski definition) is 2. The highest BCUT2D eigenvalue weighted by molar-refractivity contribution is 7.99. The lowest BCUT2D eigenvalue weighted by molar-refractivity contribution is -0.137. The molecule has 1 unspecified atom stereocenters. The van der Waals surface area contributed by atoms with Gasteiger partial charge in [-0.1, -0.05) is 17.8 Å². The summed E-state index contributed by atoms with van der Waals surface area (Å²) in [5, 5.41) is 3.50. The maximum absolute atomic E-state index is 13.8. The predicted molar refractivity (Wildman–Crippen MR) is 147 cm³/mol. The molecule has 3 heterocycles. The number of piperidine rings is 1. The second-order valence-corrected chi connectivity index (χ2v) is 10.9. The summed E-state index contributed by atoms with van der Waals surface area (Å²) in [6.45, 7) is 6.63. The van der Waals surface area contributed by atoms with E-state index in [2.05, 4.69) is 40.2 Å². The number of benzene rings is 2. The average molecular weight is 564 g/mol. The van der Waals surface area contributed by atoms with Gasteiger partial charge in [-0.3, -0.25) is 0 Å². The lowest BCUT2D eigenvalue weighted by atomic mass is 9.98. The highest BCUT2D eigenvalue weighted by Gasteiger charge is 2.34. The Hall–Kier alpha value is -1.32. The summed E-state index contributed by atoms with van der Waals surface area (Å²) in [4.78, 5) is 6.53. The van der Waals surface area contributed by atoms with E-state index < -0.39 is 11.7 Å². The number of likely N-dealkylation sites (tertiary alicyclic amines) is 1. The van der Waals surface area contributed by atoms with Gasteiger partial charge in [0.2, 0.25) is 0 Å². The Morgan fingerprint density at radius 1 is 1.03 bits per heavy atom. The van der Waals surface area contributed by atoms with Gasteiger partial charge in [0.25, 0.3) is 0 Å². The molecule has 10 heteroatoms. The van der Waals surface area contributed by atoms with Gasteiger partial charge in [-0.25, -0.2) is 0 Å². The summed E-state index contributed by atoms with van der Waals surface area (Å²) in [6, 6.07) is 9.84. The van der Waals surface area contributed by atoms with Crippen LogP contribution in [0.4, 0.5) is 24.5 Å². The first-order valence-corrected chi connectivity index (χ1v) is 13.1. The van der Waals surface area contributed by atoms with E-state index in [1.165, 1.54) is 48.0 Å². The summed E-state index contributed by atoms with van der Waals surface area (Å²) in [5.41, 5.74) is 9.08. The number of alkyl halides is 3. The molecule has 36 heavy (non-hydrogen) atoms. The number of anilines is 2. The van der Waals surface area contributed by atoms with E-state index in [0.717, 1.165) is 54.4 Å². The van der Waals surface area contributed by atoms with Gasteiger partial charge in [-0.2, -0.15) is 13.2 Å². The van der Waals surface area contributed by atoms with E-state index >= 15 is 0 Å². The molecule has 2 aromatic rings. The van der Waals surface area contributed by atoms with Crippen LogP contribution < -0.4 is 16.0 Å². The quantitative estimate of drug-likeness (QED) is 0.375. The summed E-state index contributed by atoms with van der Waals surface area (Å²) >= 11 is 1.48. The molecule has 2 fully saturated rings. The van der Waals surface area contributed by atoms with E-state index in [9.17, 15) is 13.2 Å². The number of halogens is 5. The second-order valence-electron chi connectivity index (χ2n) is 9.80. The third-order valence-electron chi connectivity index (χ3n) is 7.45. The fourth-order valence-corrected chi connectivity index (χ4v) is 6.68. The molecule has 3 aliphatic heterocycles. The second kappa shape index (κ2) is 12.0. The van der Waals surface area contributed by atoms with E-state index in [0.29, 0.717) is 24.7 Å². The Morgan fingerprint density at radius 2 is 1.78 bits per heavy atom. The minimum Gasteiger partial charge on any atom is -0.382 e. The standard InChI is InChI=1S/C26H33F3N4S.2ClH/c1-17-3-2-9-33(17)21-5-4-18-13-22-23(31-20-6-10-32(11-7-20)12-8-30)14-19(26(27,28)29)15-25(22)34-24(18)16-21;;/h4-5,14-17,20,31H,2-3,6-13,30H2,1H3;2*1H. The molecule has 0 aliphatic carbocycles. The monoisotopic (exact) mass is 562 g/mol. The molecule has 0 bridgehead atoms. The average Bonchev–Trinajstić information content (AvgIpc) is 3.24. The van der Waals surface area contributed by atoms with Crippen LogP contribution in [-0.2, 0) is 12.6 Å². The molecule has 4 nitrogen and oxygen atoms in total. The van der Waals surface area contributed by atoms with Gasteiger partial charge in [0, 0.05) is 72.4 Å². The lowest BCUT2D eigenvalue weighted by Gasteiger charge is -2.34. The Bertz CT molecular complexity index is 1040. The summed E-state index contributed by atoms with van der Waals surface area (Å²) in [7, 11) is 0. The topological polar surface area (TPSA) is 44.5 Å². The Kier molecular flexibility index (Phi) is 9.77. The first kappa shape index (κ1) is 29.2. The highest BCUT2D eigenvalue weighted by atomic mass is 35.5. The van der Waals surface area contributed by atoms with Crippen LogP contribution in [-0.4, -0.2) is 49.7 Å². The summed E-state index contributed by atoms with van der Waals surface area (Å²) < 4.78 is 41.4. The van der Waals surface area contributed by atoms with Crippen LogP contribution in [0.5, 0.6) is 0 Å². The molecule has 0 saturated carbocycles. The molecule has 3 N–H and O–H groups in total. The van der Waals surface area contributed by atoms with Gasteiger partial charge in [0.15, 0.2) is 0 Å². The number of nitrogens with one attached hydrogen (secondary N) is 1. The van der Waals surface area contributed by atoms with E-state index in [-0.39, 0.29) is 30.9 Å². The van der Waals surface area contributed by atoms with Crippen LogP contribution in [0.25, 0.3) is 0 Å². The lowest BCUT2D eigenvalue weighted by Crippen LogP contribution is -2.41.